The van der Waals surface area contributed by atoms with Gasteiger partial charge in [0, 0.05) is 13.1 Å². The molecule has 0 aliphatic carbocycles. The fraction of sp³-hybridized carbons (Fsp3) is 0.533. The summed E-state index contributed by atoms with van der Waals surface area (Å²) < 4.78 is 0. The van der Waals surface area contributed by atoms with Crippen LogP contribution in [0.1, 0.15) is 30.4 Å². The van der Waals surface area contributed by atoms with Crippen LogP contribution in [-0.2, 0) is 17.8 Å². The fourth-order valence-electron chi connectivity index (χ4n) is 2.82. The predicted molar refractivity (Wildman–Crippen MR) is 75.7 cm³/mol. The number of benzene rings is 1. The number of thioether (sulfide) groups is 1. The highest BCUT2D eigenvalue weighted by Crippen LogP contribution is 2.28. The second-order valence-corrected chi connectivity index (χ2v) is 6.44. The molecule has 18 heavy (non-hydrogen) atoms. The summed E-state index contributed by atoms with van der Waals surface area (Å²) in [5.74, 6) is 1.52. The van der Waals surface area contributed by atoms with E-state index < -0.39 is 0 Å². The number of rotatable bonds is 1. The molecule has 3 rings (SSSR count). The summed E-state index contributed by atoms with van der Waals surface area (Å²) in [6.07, 6.45) is 4.58. The van der Waals surface area contributed by atoms with E-state index in [2.05, 4.69) is 29.2 Å². The Balaban J connectivity index is 1.69. The van der Waals surface area contributed by atoms with E-state index in [1.54, 1.807) is 0 Å². The molecule has 0 bridgehead atoms. The standard InChI is InChI=1S/C15H19NOS/c17-15(14-7-3-4-10-18-14)16-9-8-12-5-1-2-6-13(12)11-16/h1-2,5-6,14H,3-4,7-11H2. The summed E-state index contributed by atoms with van der Waals surface area (Å²) in [5.41, 5.74) is 2.75. The van der Waals surface area contributed by atoms with E-state index in [1.807, 2.05) is 11.8 Å². The molecule has 1 atom stereocenters. The molecule has 0 N–H and O–H groups in total. The molecule has 1 unspecified atom stereocenters. The van der Waals surface area contributed by atoms with Gasteiger partial charge < -0.3 is 4.90 Å². The third-order valence-electron chi connectivity index (χ3n) is 3.90. The normalized spacial score (nSPS) is 23.6. The van der Waals surface area contributed by atoms with E-state index in [-0.39, 0.29) is 5.25 Å². The molecule has 0 radical (unpaired) electrons. The van der Waals surface area contributed by atoms with Crippen LogP contribution in [0, 0.1) is 0 Å². The Kier molecular flexibility index (Phi) is 3.59. The smallest absolute Gasteiger partial charge is 0.235 e. The number of hydrogen-bond acceptors (Lipinski definition) is 2. The van der Waals surface area contributed by atoms with Gasteiger partial charge in [-0.3, -0.25) is 4.79 Å². The predicted octanol–water partition coefficient (Wildman–Crippen LogP) is 2.86. The van der Waals surface area contributed by atoms with Gasteiger partial charge in [-0.2, -0.15) is 0 Å². The molecule has 0 aromatic heterocycles. The molecule has 2 heterocycles. The van der Waals surface area contributed by atoms with E-state index >= 15 is 0 Å². The summed E-state index contributed by atoms with van der Waals surface area (Å²) in [6, 6.07) is 8.50. The minimum atomic E-state index is 0.226. The van der Waals surface area contributed by atoms with Crippen molar-refractivity contribution in [2.45, 2.75) is 37.5 Å². The molecule has 2 aliphatic heterocycles. The van der Waals surface area contributed by atoms with Crippen molar-refractivity contribution in [1.82, 2.24) is 4.90 Å². The maximum Gasteiger partial charge on any atom is 0.235 e. The highest BCUT2D eigenvalue weighted by Gasteiger charge is 2.28. The molecule has 1 fully saturated rings. The molecule has 1 aromatic rings. The van der Waals surface area contributed by atoms with Crippen molar-refractivity contribution in [2.75, 3.05) is 12.3 Å². The topological polar surface area (TPSA) is 20.3 Å². The van der Waals surface area contributed by atoms with Gasteiger partial charge >= 0.3 is 0 Å². The molecule has 1 amide bonds. The molecule has 2 aliphatic rings. The van der Waals surface area contributed by atoms with Gasteiger partial charge in [0.25, 0.3) is 0 Å². The summed E-state index contributed by atoms with van der Waals surface area (Å²) in [5, 5.41) is 0.226. The van der Waals surface area contributed by atoms with Gasteiger partial charge in [0.05, 0.1) is 5.25 Å². The average molecular weight is 261 g/mol. The van der Waals surface area contributed by atoms with Gasteiger partial charge in [-0.25, -0.2) is 0 Å². The van der Waals surface area contributed by atoms with Crippen molar-refractivity contribution in [3.63, 3.8) is 0 Å². The first-order valence-corrected chi connectivity index (χ1v) is 7.86. The SMILES string of the molecule is O=C(C1CCCCS1)N1CCc2ccccc2C1. The molecule has 3 heteroatoms. The zero-order chi connectivity index (χ0) is 12.4. The lowest BCUT2D eigenvalue weighted by molar-refractivity contribution is -0.131. The minimum absolute atomic E-state index is 0.226. The van der Waals surface area contributed by atoms with Crippen molar-refractivity contribution in [3.8, 4) is 0 Å². The van der Waals surface area contributed by atoms with Crippen molar-refractivity contribution in [2.24, 2.45) is 0 Å². The van der Waals surface area contributed by atoms with Crippen molar-refractivity contribution in [1.29, 1.82) is 0 Å². The van der Waals surface area contributed by atoms with Gasteiger partial charge in [0.15, 0.2) is 0 Å². The first kappa shape index (κ1) is 12.1. The number of fused-ring (bicyclic) bond motifs is 1. The Hall–Kier alpha value is -0.960. The van der Waals surface area contributed by atoms with Crippen molar-refractivity contribution >= 4 is 17.7 Å². The second-order valence-electron chi connectivity index (χ2n) is 5.13. The molecule has 2 nitrogen and oxygen atoms in total. The lowest BCUT2D eigenvalue weighted by Gasteiger charge is -2.32. The highest BCUT2D eigenvalue weighted by atomic mass is 32.2. The third-order valence-corrected chi connectivity index (χ3v) is 5.26. The Morgan fingerprint density at radius 3 is 2.83 bits per heavy atom. The molecular formula is C15H19NOS. The summed E-state index contributed by atoms with van der Waals surface area (Å²) in [4.78, 5) is 14.5. The lowest BCUT2D eigenvalue weighted by atomic mass is 9.99. The lowest BCUT2D eigenvalue weighted by Crippen LogP contribution is -2.41. The molecular weight excluding hydrogens is 242 g/mol. The Labute approximate surface area is 113 Å². The van der Waals surface area contributed by atoms with Crippen LogP contribution in [0.15, 0.2) is 24.3 Å². The van der Waals surface area contributed by atoms with Crippen LogP contribution < -0.4 is 0 Å². The monoisotopic (exact) mass is 261 g/mol. The molecule has 0 saturated carbocycles. The second kappa shape index (κ2) is 5.35. The largest absolute Gasteiger partial charge is 0.337 e. The molecule has 96 valence electrons. The van der Waals surface area contributed by atoms with Gasteiger partial charge in [-0.05, 0) is 36.1 Å². The number of hydrogen-bond donors (Lipinski definition) is 0. The Bertz CT molecular complexity index is 440. The van der Waals surface area contributed by atoms with Crippen molar-refractivity contribution in [3.05, 3.63) is 35.4 Å². The van der Waals surface area contributed by atoms with Gasteiger partial charge in [-0.1, -0.05) is 30.7 Å². The van der Waals surface area contributed by atoms with Gasteiger partial charge in [0.1, 0.15) is 0 Å². The van der Waals surface area contributed by atoms with Crippen LogP contribution >= 0.6 is 11.8 Å². The average Bonchev–Trinajstić information content (AvgIpc) is 2.47. The van der Waals surface area contributed by atoms with Crippen LogP contribution in [0.25, 0.3) is 0 Å². The Morgan fingerprint density at radius 2 is 2.06 bits per heavy atom. The molecule has 1 saturated heterocycles. The molecule has 1 aromatic carbocycles. The maximum absolute atomic E-state index is 12.5. The van der Waals surface area contributed by atoms with E-state index in [9.17, 15) is 4.79 Å². The number of nitrogens with zero attached hydrogens (tertiary/aromatic N) is 1. The quantitative estimate of drug-likeness (QED) is 0.775. The Morgan fingerprint density at radius 1 is 1.22 bits per heavy atom. The summed E-state index contributed by atoms with van der Waals surface area (Å²) in [7, 11) is 0. The summed E-state index contributed by atoms with van der Waals surface area (Å²) in [6.45, 7) is 1.71. The van der Waals surface area contributed by atoms with Crippen LogP contribution in [0.2, 0.25) is 0 Å². The van der Waals surface area contributed by atoms with E-state index in [4.69, 9.17) is 0 Å². The number of carbonyl (C=O) groups excluding carboxylic acids is 1. The van der Waals surface area contributed by atoms with E-state index in [0.717, 1.165) is 31.7 Å². The number of amides is 1. The molecule has 0 spiro atoms. The maximum atomic E-state index is 12.5. The van der Waals surface area contributed by atoms with Crippen LogP contribution in [0.5, 0.6) is 0 Å². The first-order chi connectivity index (χ1) is 8.84. The van der Waals surface area contributed by atoms with Crippen LogP contribution in [0.4, 0.5) is 0 Å². The third kappa shape index (κ3) is 2.41. The zero-order valence-corrected chi connectivity index (χ0v) is 11.4. The zero-order valence-electron chi connectivity index (χ0n) is 10.6. The van der Waals surface area contributed by atoms with E-state index in [1.165, 1.54) is 24.0 Å². The minimum Gasteiger partial charge on any atom is -0.337 e. The van der Waals surface area contributed by atoms with Gasteiger partial charge in [0.2, 0.25) is 5.91 Å². The number of carbonyl (C=O) groups is 1. The highest BCUT2D eigenvalue weighted by molar-refractivity contribution is 8.00. The summed E-state index contributed by atoms with van der Waals surface area (Å²) >= 11 is 1.86. The van der Waals surface area contributed by atoms with E-state index in [0.29, 0.717) is 5.91 Å². The van der Waals surface area contributed by atoms with Crippen LogP contribution in [0.3, 0.4) is 0 Å². The van der Waals surface area contributed by atoms with Crippen molar-refractivity contribution < 1.29 is 4.79 Å². The van der Waals surface area contributed by atoms with Gasteiger partial charge in [-0.15, -0.1) is 11.8 Å². The first-order valence-electron chi connectivity index (χ1n) is 6.82. The van der Waals surface area contributed by atoms with Crippen LogP contribution in [-0.4, -0.2) is 28.4 Å². The fourth-order valence-corrected chi connectivity index (χ4v) is 4.10.